The number of hydrogen-bond donors (Lipinski definition) is 1. The second-order valence-electron chi connectivity index (χ2n) is 5.42. The van der Waals surface area contributed by atoms with Crippen LogP contribution in [0.4, 0.5) is 0 Å². The topological polar surface area (TPSA) is 73.3 Å². The van der Waals surface area contributed by atoms with Gasteiger partial charge in [0.15, 0.2) is 11.6 Å². The van der Waals surface area contributed by atoms with Gasteiger partial charge in [0, 0.05) is 16.9 Å². The molecular formula is C17H19BrClN3O3. The summed E-state index contributed by atoms with van der Waals surface area (Å²) in [6, 6.07) is 11.6. The average Bonchev–Trinajstić information content (AvgIpc) is 3.22. The Kier molecular flexibility index (Phi) is 7.04. The monoisotopic (exact) mass is 427 g/mol. The van der Waals surface area contributed by atoms with Gasteiger partial charge in [-0.2, -0.15) is 4.98 Å². The average molecular weight is 429 g/mol. The second kappa shape index (κ2) is 9.03. The number of benzene rings is 1. The SMILES string of the molecule is CNC(C)Cc1noc(-c2ccc(COc3cccc(Br)c3)o2)n1.Cl. The highest BCUT2D eigenvalue weighted by atomic mass is 79.9. The molecule has 2 heterocycles. The van der Waals surface area contributed by atoms with Crippen LogP contribution in [0.1, 0.15) is 18.5 Å². The molecule has 2 aromatic heterocycles. The molecule has 0 saturated heterocycles. The molecule has 1 aromatic carbocycles. The van der Waals surface area contributed by atoms with Crippen molar-refractivity contribution in [2.24, 2.45) is 0 Å². The van der Waals surface area contributed by atoms with Gasteiger partial charge in [-0.15, -0.1) is 12.4 Å². The number of nitrogens with one attached hydrogen (secondary N) is 1. The molecular weight excluding hydrogens is 410 g/mol. The zero-order chi connectivity index (χ0) is 16.9. The Labute approximate surface area is 160 Å². The van der Waals surface area contributed by atoms with Crippen molar-refractivity contribution in [2.45, 2.75) is 26.0 Å². The number of rotatable bonds is 7. The minimum absolute atomic E-state index is 0. The molecule has 1 N–H and O–H groups in total. The maximum atomic E-state index is 5.72. The van der Waals surface area contributed by atoms with Gasteiger partial charge in [-0.05, 0) is 44.3 Å². The summed E-state index contributed by atoms with van der Waals surface area (Å²) >= 11 is 3.41. The van der Waals surface area contributed by atoms with Crippen LogP contribution in [0.3, 0.4) is 0 Å². The summed E-state index contributed by atoms with van der Waals surface area (Å²) in [7, 11) is 1.90. The molecule has 0 aliphatic carbocycles. The molecule has 0 spiro atoms. The molecule has 6 nitrogen and oxygen atoms in total. The van der Waals surface area contributed by atoms with Gasteiger partial charge in [0.2, 0.25) is 0 Å². The van der Waals surface area contributed by atoms with Crippen molar-refractivity contribution in [3.05, 3.63) is 52.5 Å². The Balaban J connectivity index is 0.00000225. The number of nitrogens with zero attached hydrogens (tertiary/aromatic N) is 2. The first-order valence-corrected chi connectivity index (χ1v) is 8.40. The number of aromatic nitrogens is 2. The second-order valence-corrected chi connectivity index (χ2v) is 6.34. The molecule has 1 unspecified atom stereocenters. The predicted molar refractivity (Wildman–Crippen MR) is 99.9 cm³/mol. The van der Waals surface area contributed by atoms with E-state index in [9.17, 15) is 0 Å². The van der Waals surface area contributed by atoms with Crippen molar-refractivity contribution in [3.63, 3.8) is 0 Å². The van der Waals surface area contributed by atoms with Gasteiger partial charge in [0.25, 0.3) is 5.89 Å². The van der Waals surface area contributed by atoms with Gasteiger partial charge in [-0.1, -0.05) is 27.2 Å². The summed E-state index contributed by atoms with van der Waals surface area (Å²) in [4.78, 5) is 4.35. The third-order valence-corrected chi connectivity index (χ3v) is 3.99. The van der Waals surface area contributed by atoms with Gasteiger partial charge in [-0.3, -0.25) is 0 Å². The number of furan rings is 1. The van der Waals surface area contributed by atoms with E-state index >= 15 is 0 Å². The Morgan fingerprint density at radius 1 is 1.28 bits per heavy atom. The van der Waals surface area contributed by atoms with Crippen LogP contribution in [0.15, 0.2) is 49.8 Å². The molecule has 0 aliphatic heterocycles. The molecule has 1 atom stereocenters. The van der Waals surface area contributed by atoms with Crippen LogP contribution in [0.25, 0.3) is 11.7 Å². The fourth-order valence-corrected chi connectivity index (χ4v) is 2.47. The fourth-order valence-electron chi connectivity index (χ4n) is 2.09. The van der Waals surface area contributed by atoms with E-state index < -0.39 is 0 Å². The van der Waals surface area contributed by atoms with Crippen molar-refractivity contribution < 1.29 is 13.7 Å². The quantitative estimate of drug-likeness (QED) is 0.607. The van der Waals surface area contributed by atoms with Gasteiger partial charge in [-0.25, -0.2) is 0 Å². The van der Waals surface area contributed by atoms with Crippen LogP contribution in [0, 0.1) is 0 Å². The van der Waals surface area contributed by atoms with E-state index in [4.69, 9.17) is 13.7 Å². The fraction of sp³-hybridized carbons (Fsp3) is 0.294. The molecule has 3 aromatic rings. The van der Waals surface area contributed by atoms with Crippen molar-refractivity contribution in [1.29, 1.82) is 0 Å². The first-order valence-electron chi connectivity index (χ1n) is 7.61. The zero-order valence-corrected chi connectivity index (χ0v) is 16.3. The predicted octanol–water partition coefficient (Wildman–Crippen LogP) is 4.24. The zero-order valence-electron chi connectivity index (χ0n) is 13.9. The highest BCUT2D eigenvalue weighted by Crippen LogP contribution is 2.23. The molecule has 8 heteroatoms. The summed E-state index contributed by atoms with van der Waals surface area (Å²) < 4.78 is 17.6. The lowest BCUT2D eigenvalue weighted by Gasteiger charge is -2.04. The Morgan fingerprint density at radius 2 is 2.12 bits per heavy atom. The van der Waals surface area contributed by atoms with Crippen LogP contribution in [-0.2, 0) is 13.0 Å². The highest BCUT2D eigenvalue weighted by molar-refractivity contribution is 9.10. The van der Waals surface area contributed by atoms with Crippen molar-refractivity contribution in [2.75, 3.05) is 7.05 Å². The maximum absolute atomic E-state index is 5.72. The third kappa shape index (κ3) is 5.32. The number of ether oxygens (including phenoxy) is 1. The maximum Gasteiger partial charge on any atom is 0.293 e. The van der Waals surface area contributed by atoms with Gasteiger partial charge in [0.1, 0.15) is 18.1 Å². The van der Waals surface area contributed by atoms with Crippen LogP contribution in [0.5, 0.6) is 5.75 Å². The van der Waals surface area contributed by atoms with Crippen LogP contribution >= 0.6 is 28.3 Å². The van der Waals surface area contributed by atoms with E-state index in [1.165, 1.54) is 0 Å². The Morgan fingerprint density at radius 3 is 2.88 bits per heavy atom. The van der Waals surface area contributed by atoms with E-state index in [1.54, 1.807) is 6.07 Å². The van der Waals surface area contributed by atoms with E-state index in [1.807, 2.05) is 37.4 Å². The van der Waals surface area contributed by atoms with Crippen LogP contribution in [-0.4, -0.2) is 23.2 Å². The first-order chi connectivity index (χ1) is 11.6. The number of hydrogen-bond acceptors (Lipinski definition) is 6. The molecule has 0 radical (unpaired) electrons. The van der Waals surface area contributed by atoms with Crippen LogP contribution in [0.2, 0.25) is 0 Å². The largest absolute Gasteiger partial charge is 0.486 e. The first kappa shape index (κ1) is 19.5. The van der Waals surface area contributed by atoms with Gasteiger partial charge >= 0.3 is 0 Å². The van der Waals surface area contributed by atoms with E-state index in [-0.39, 0.29) is 18.4 Å². The molecule has 0 saturated carbocycles. The minimum atomic E-state index is 0. The van der Waals surface area contributed by atoms with E-state index in [2.05, 4.69) is 38.3 Å². The summed E-state index contributed by atoms with van der Waals surface area (Å²) in [6.07, 6.45) is 0.694. The van der Waals surface area contributed by atoms with Gasteiger partial charge < -0.3 is 19.0 Å². The molecule has 0 aliphatic rings. The molecule has 0 amide bonds. The summed E-state index contributed by atoms with van der Waals surface area (Å²) in [5.41, 5.74) is 0. The molecule has 134 valence electrons. The van der Waals surface area contributed by atoms with E-state index in [0.717, 1.165) is 10.2 Å². The normalized spacial score (nSPS) is 11.8. The number of likely N-dealkylation sites (N-methyl/N-ethyl adjacent to an activating group) is 1. The van der Waals surface area contributed by atoms with Crippen LogP contribution < -0.4 is 10.1 Å². The molecule has 3 rings (SSSR count). The highest BCUT2D eigenvalue weighted by Gasteiger charge is 2.14. The van der Waals surface area contributed by atoms with Crippen molar-refractivity contribution in [3.8, 4) is 17.4 Å². The minimum Gasteiger partial charge on any atom is -0.486 e. The standard InChI is InChI=1S/C17H18BrN3O3.ClH/c1-11(19-2)8-16-20-17(24-21-16)15-7-6-14(23-15)10-22-13-5-3-4-12(18)9-13;/h3-7,9,11,19H,8,10H2,1-2H3;1H. The molecule has 25 heavy (non-hydrogen) atoms. The lowest BCUT2D eigenvalue weighted by atomic mass is 10.2. The summed E-state index contributed by atoms with van der Waals surface area (Å²) in [5.74, 6) is 3.02. The third-order valence-electron chi connectivity index (χ3n) is 3.50. The Bertz CT molecular complexity index is 806. The number of halogens is 2. The lowest BCUT2D eigenvalue weighted by molar-refractivity contribution is 0.270. The van der Waals surface area contributed by atoms with Gasteiger partial charge in [0.05, 0.1) is 0 Å². The van der Waals surface area contributed by atoms with Crippen molar-refractivity contribution in [1.82, 2.24) is 15.5 Å². The Hall–Kier alpha value is -1.83. The summed E-state index contributed by atoms with van der Waals surface area (Å²) in [5, 5.41) is 7.11. The molecule has 0 fully saturated rings. The lowest BCUT2D eigenvalue weighted by Crippen LogP contribution is -2.24. The van der Waals surface area contributed by atoms with Crippen molar-refractivity contribution >= 4 is 28.3 Å². The van der Waals surface area contributed by atoms with E-state index in [0.29, 0.717) is 36.3 Å². The molecule has 0 bridgehead atoms. The summed E-state index contributed by atoms with van der Waals surface area (Å²) in [6.45, 7) is 2.38. The smallest absolute Gasteiger partial charge is 0.293 e.